The van der Waals surface area contributed by atoms with Crippen LogP contribution in [0.1, 0.15) is 17.5 Å². The number of H-pyrrole nitrogens is 1. The van der Waals surface area contributed by atoms with Crippen LogP contribution in [0.15, 0.2) is 42.7 Å². The number of nitrogens with zero attached hydrogens (tertiary/aromatic N) is 1. The Morgan fingerprint density at radius 1 is 1.44 bits per heavy atom. The van der Waals surface area contributed by atoms with Crippen molar-refractivity contribution in [2.45, 2.75) is 13.0 Å². The fourth-order valence-corrected chi connectivity index (χ4v) is 1.48. The molecule has 1 aromatic heterocycles. The molecule has 0 aliphatic heterocycles. The van der Waals surface area contributed by atoms with Crippen molar-refractivity contribution in [1.29, 1.82) is 0 Å². The van der Waals surface area contributed by atoms with Crippen LogP contribution in [0, 0.1) is 0 Å². The molecule has 5 heteroatoms. The fraction of sp³-hybridized carbons (Fsp3) is 0.231. The van der Waals surface area contributed by atoms with Gasteiger partial charge in [-0.05, 0) is 19.1 Å². The average Bonchev–Trinajstić information content (AvgIpc) is 2.91. The minimum Gasteiger partial charge on any atom is -0.489 e. The number of ether oxygens (including phenoxy) is 1. The highest BCUT2D eigenvalue weighted by molar-refractivity contribution is 5.90. The van der Waals surface area contributed by atoms with E-state index in [0.717, 1.165) is 5.75 Å². The van der Waals surface area contributed by atoms with Crippen molar-refractivity contribution in [3.05, 3.63) is 48.5 Å². The normalized spacial score (nSPS) is 11.8. The summed E-state index contributed by atoms with van der Waals surface area (Å²) in [5.74, 6) is 0.864. The second kappa shape index (κ2) is 5.86. The minimum absolute atomic E-state index is 0.105. The van der Waals surface area contributed by atoms with Gasteiger partial charge in [0.15, 0.2) is 5.82 Å². The van der Waals surface area contributed by atoms with Gasteiger partial charge in [-0.25, -0.2) is 4.98 Å². The number of rotatable bonds is 5. The first kappa shape index (κ1) is 12.2. The quantitative estimate of drug-likeness (QED) is 0.841. The number of hydrogen-bond donors (Lipinski definition) is 2. The van der Waals surface area contributed by atoms with Crippen LogP contribution in [0.5, 0.6) is 5.75 Å². The second-order valence-electron chi connectivity index (χ2n) is 3.89. The number of amides is 1. The number of benzene rings is 1. The van der Waals surface area contributed by atoms with E-state index in [1.54, 1.807) is 12.4 Å². The molecule has 1 amide bonds. The van der Waals surface area contributed by atoms with Crippen molar-refractivity contribution in [3.63, 3.8) is 0 Å². The number of carbonyl (C=O) groups is 1. The molecule has 94 valence electrons. The Balaban J connectivity index is 1.78. The molecule has 1 atom stereocenters. The van der Waals surface area contributed by atoms with E-state index < -0.39 is 0 Å². The van der Waals surface area contributed by atoms with Gasteiger partial charge in [0.1, 0.15) is 11.9 Å². The summed E-state index contributed by atoms with van der Waals surface area (Å²) in [5.41, 5.74) is 0. The van der Waals surface area contributed by atoms with Crippen LogP contribution in [0.25, 0.3) is 0 Å². The van der Waals surface area contributed by atoms with E-state index >= 15 is 0 Å². The van der Waals surface area contributed by atoms with Crippen molar-refractivity contribution in [1.82, 2.24) is 15.3 Å². The Morgan fingerprint density at radius 2 is 2.22 bits per heavy atom. The summed E-state index contributed by atoms with van der Waals surface area (Å²) in [6, 6.07) is 9.50. The topological polar surface area (TPSA) is 67.0 Å². The largest absolute Gasteiger partial charge is 0.489 e. The molecule has 2 aromatic rings. The van der Waals surface area contributed by atoms with Crippen LogP contribution in [0.2, 0.25) is 0 Å². The zero-order valence-corrected chi connectivity index (χ0v) is 10.1. The van der Waals surface area contributed by atoms with Crippen molar-refractivity contribution in [3.8, 4) is 5.75 Å². The molecule has 2 N–H and O–H groups in total. The van der Waals surface area contributed by atoms with Crippen molar-refractivity contribution < 1.29 is 9.53 Å². The number of aromatic amines is 1. The zero-order valence-electron chi connectivity index (χ0n) is 10.1. The molecule has 0 spiro atoms. The molecular weight excluding hydrogens is 230 g/mol. The summed E-state index contributed by atoms with van der Waals surface area (Å²) in [7, 11) is 0. The Morgan fingerprint density at radius 3 is 2.89 bits per heavy atom. The zero-order chi connectivity index (χ0) is 12.8. The molecule has 0 aliphatic carbocycles. The molecule has 1 unspecified atom stereocenters. The van der Waals surface area contributed by atoms with E-state index in [-0.39, 0.29) is 12.0 Å². The molecule has 0 saturated carbocycles. The number of carbonyl (C=O) groups excluding carboxylic acids is 1. The Labute approximate surface area is 105 Å². The molecule has 0 aliphatic rings. The summed E-state index contributed by atoms with van der Waals surface area (Å²) in [6.45, 7) is 2.32. The summed E-state index contributed by atoms with van der Waals surface area (Å²) >= 11 is 0. The molecule has 1 heterocycles. The number of para-hydroxylation sites is 1. The minimum atomic E-state index is -0.233. The third-order valence-corrected chi connectivity index (χ3v) is 2.34. The molecule has 5 nitrogen and oxygen atoms in total. The lowest BCUT2D eigenvalue weighted by Crippen LogP contribution is -2.34. The molecule has 0 saturated heterocycles. The van der Waals surface area contributed by atoms with Gasteiger partial charge in [-0.1, -0.05) is 18.2 Å². The highest BCUT2D eigenvalue weighted by Crippen LogP contribution is 2.10. The van der Waals surface area contributed by atoms with Gasteiger partial charge in [0.25, 0.3) is 5.91 Å². The summed E-state index contributed by atoms with van der Waals surface area (Å²) in [4.78, 5) is 18.2. The SMILES string of the molecule is CC(CNC(=O)c1ncc[nH]1)Oc1ccccc1. The van der Waals surface area contributed by atoms with Gasteiger partial charge >= 0.3 is 0 Å². The predicted octanol–water partition coefficient (Wildman–Crippen LogP) is 1.61. The smallest absolute Gasteiger partial charge is 0.287 e. The number of hydrogen-bond acceptors (Lipinski definition) is 3. The summed E-state index contributed by atoms with van der Waals surface area (Å²) in [6.07, 6.45) is 3.05. The third-order valence-electron chi connectivity index (χ3n) is 2.34. The van der Waals surface area contributed by atoms with Gasteiger partial charge in [-0.2, -0.15) is 0 Å². The number of aromatic nitrogens is 2. The van der Waals surface area contributed by atoms with Gasteiger partial charge in [-0.3, -0.25) is 4.79 Å². The maximum Gasteiger partial charge on any atom is 0.287 e. The van der Waals surface area contributed by atoms with E-state index in [1.165, 1.54) is 0 Å². The first-order valence-corrected chi connectivity index (χ1v) is 5.75. The maximum atomic E-state index is 11.6. The van der Waals surface area contributed by atoms with Gasteiger partial charge in [0.2, 0.25) is 0 Å². The van der Waals surface area contributed by atoms with E-state index in [4.69, 9.17) is 4.74 Å². The van der Waals surface area contributed by atoms with E-state index in [2.05, 4.69) is 15.3 Å². The molecule has 0 bridgehead atoms. The molecular formula is C13H15N3O2. The van der Waals surface area contributed by atoms with Crippen LogP contribution in [0.3, 0.4) is 0 Å². The fourth-order valence-electron chi connectivity index (χ4n) is 1.48. The third kappa shape index (κ3) is 3.35. The summed E-state index contributed by atoms with van der Waals surface area (Å²) < 4.78 is 5.64. The molecule has 2 rings (SSSR count). The highest BCUT2D eigenvalue weighted by Gasteiger charge is 2.10. The van der Waals surface area contributed by atoms with E-state index in [9.17, 15) is 4.79 Å². The van der Waals surface area contributed by atoms with Crippen LogP contribution in [0.4, 0.5) is 0 Å². The van der Waals surface area contributed by atoms with Crippen molar-refractivity contribution >= 4 is 5.91 Å². The lowest BCUT2D eigenvalue weighted by molar-refractivity contribution is 0.0923. The first-order valence-electron chi connectivity index (χ1n) is 5.75. The van der Waals surface area contributed by atoms with Crippen molar-refractivity contribution in [2.75, 3.05) is 6.54 Å². The standard InChI is InChI=1S/C13H15N3O2/c1-10(18-11-5-3-2-4-6-11)9-16-13(17)12-14-7-8-15-12/h2-8,10H,9H2,1H3,(H,14,15)(H,16,17). The lowest BCUT2D eigenvalue weighted by Gasteiger charge is -2.14. The van der Waals surface area contributed by atoms with Crippen LogP contribution in [-0.4, -0.2) is 28.5 Å². The Hall–Kier alpha value is -2.30. The van der Waals surface area contributed by atoms with Crippen LogP contribution in [-0.2, 0) is 0 Å². The second-order valence-corrected chi connectivity index (χ2v) is 3.89. The first-order chi connectivity index (χ1) is 8.75. The van der Waals surface area contributed by atoms with Gasteiger partial charge in [-0.15, -0.1) is 0 Å². The molecule has 18 heavy (non-hydrogen) atoms. The highest BCUT2D eigenvalue weighted by atomic mass is 16.5. The van der Waals surface area contributed by atoms with E-state index in [0.29, 0.717) is 12.4 Å². The molecule has 0 fully saturated rings. The lowest BCUT2D eigenvalue weighted by atomic mass is 10.3. The van der Waals surface area contributed by atoms with Gasteiger partial charge in [0, 0.05) is 12.4 Å². The molecule has 0 radical (unpaired) electrons. The number of imidazole rings is 1. The van der Waals surface area contributed by atoms with Crippen molar-refractivity contribution in [2.24, 2.45) is 0 Å². The van der Waals surface area contributed by atoms with Gasteiger partial charge < -0.3 is 15.0 Å². The monoisotopic (exact) mass is 245 g/mol. The van der Waals surface area contributed by atoms with Gasteiger partial charge in [0.05, 0.1) is 6.54 Å². The van der Waals surface area contributed by atoms with Crippen LogP contribution < -0.4 is 10.1 Å². The van der Waals surface area contributed by atoms with E-state index in [1.807, 2.05) is 37.3 Å². The predicted molar refractivity (Wildman–Crippen MR) is 67.5 cm³/mol. The maximum absolute atomic E-state index is 11.6. The average molecular weight is 245 g/mol. The Kier molecular flexibility index (Phi) is 3.96. The number of nitrogens with one attached hydrogen (secondary N) is 2. The Bertz CT molecular complexity index is 482. The molecule has 1 aromatic carbocycles. The van der Waals surface area contributed by atoms with Crippen LogP contribution >= 0.6 is 0 Å². The summed E-state index contributed by atoms with van der Waals surface area (Å²) in [5, 5.41) is 2.75.